The van der Waals surface area contributed by atoms with Gasteiger partial charge < -0.3 is 11.1 Å². The van der Waals surface area contributed by atoms with Crippen molar-refractivity contribution in [2.24, 2.45) is 0 Å². The van der Waals surface area contributed by atoms with Gasteiger partial charge in [0.05, 0.1) is 15.4 Å². The summed E-state index contributed by atoms with van der Waals surface area (Å²) in [6, 6.07) is 4.18. The van der Waals surface area contributed by atoms with Gasteiger partial charge in [0.1, 0.15) is 5.82 Å². The number of anilines is 1. The summed E-state index contributed by atoms with van der Waals surface area (Å²) in [7, 11) is 0. The Bertz CT molecular complexity index is 884. The highest BCUT2D eigenvalue weighted by Crippen LogP contribution is 2.43. The summed E-state index contributed by atoms with van der Waals surface area (Å²) in [5.74, 6) is -0.761. The second-order valence-corrected chi connectivity index (χ2v) is 6.00. The van der Waals surface area contributed by atoms with Gasteiger partial charge >= 0.3 is 6.18 Å². The molecule has 0 aromatic heterocycles. The van der Waals surface area contributed by atoms with E-state index in [2.05, 4.69) is 0 Å². The van der Waals surface area contributed by atoms with E-state index in [0.717, 1.165) is 11.0 Å². The van der Waals surface area contributed by atoms with Crippen molar-refractivity contribution < 1.29 is 27.4 Å². The minimum Gasteiger partial charge on any atom is -0.356 e. The lowest BCUT2D eigenvalue weighted by atomic mass is 10.1. The predicted octanol–water partition coefficient (Wildman–Crippen LogP) is 5.50. The van der Waals surface area contributed by atoms with E-state index in [1.165, 1.54) is 19.1 Å². The van der Waals surface area contributed by atoms with Crippen molar-refractivity contribution in [1.29, 1.82) is 0 Å². The first-order valence-electron chi connectivity index (χ1n) is 7.69. The molecule has 0 saturated heterocycles. The van der Waals surface area contributed by atoms with Crippen molar-refractivity contribution in [3.8, 4) is 0 Å². The van der Waals surface area contributed by atoms with Gasteiger partial charge in [-0.2, -0.15) is 13.2 Å². The van der Waals surface area contributed by atoms with Gasteiger partial charge in [-0.15, -0.1) is 0 Å². The number of hydrogen-bond donors (Lipinski definition) is 1. The Kier molecular flexibility index (Phi) is 7.47. The monoisotopic (exact) mass is 438 g/mol. The smallest absolute Gasteiger partial charge is 0.356 e. The Labute approximate surface area is 166 Å². The number of benzene rings is 2. The highest BCUT2D eigenvalue weighted by atomic mass is 35.5. The lowest BCUT2D eigenvalue weighted by Crippen LogP contribution is -2.25. The summed E-state index contributed by atoms with van der Waals surface area (Å²) in [5.41, 5.74) is -4.53. The second kappa shape index (κ2) is 9.01. The molecule has 0 amide bonds. The Hall–Kier alpha value is -2.99. The topological polar surface area (TPSA) is 125 Å². The maximum absolute atomic E-state index is 14.1. The van der Waals surface area contributed by atoms with E-state index >= 15 is 0 Å². The Morgan fingerprint density at radius 2 is 1.62 bits per heavy atom. The molecule has 0 atom stereocenters. The van der Waals surface area contributed by atoms with Crippen molar-refractivity contribution in [1.82, 2.24) is 6.15 Å². The van der Waals surface area contributed by atoms with Gasteiger partial charge in [-0.3, -0.25) is 20.2 Å². The van der Waals surface area contributed by atoms with Crippen LogP contribution >= 0.6 is 11.6 Å². The van der Waals surface area contributed by atoms with E-state index in [-0.39, 0.29) is 35.4 Å². The Morgan fingerprint density at radius 3 is 2.00 bits per heavy atom. The van der Waals surface area contributed by atoms with Crippen LogP contribution in [0.1, 0.15) is 18.1 Å². The molecule has 0 heterocycles. The van der Waals surface area contributed by atoms with Crippen LogP contribution in [0.4, 0.5) is 34.6 Å². The average molecular weight is 439 g/mol. The first-order valence-corrected chi connectivity index (χ1v) is 8.07. The van der Waals surface area contributed by atoms with Crippen molar-refractivity contribution >= 4 is 28.7 Å². The number of halogens is 5. The van der Waals surface area contributed by atoms with Gasteiger partial charge in [-0.05, 0) is 19.1 Å². The number of hydrogen-bond acceptors (Lipinski definition) is 6. The van der Waals surface area contributed by atoms with Crippen LogP contribution in [0.5, 0.6) is 0 Å². The van der Waals surface area contributed by atoms with E-state index < -0.39 is 51.0 Å². The Balaban J connectivity index is 0.00000420. The minimum atomic E-state index is -5.03. The van der Waals surface area contributed by atoms with Crippen LogP contribution in [0.3, 0.4) is 0 Å². The molecule has 0 aliphatic carbocycles. The number of alkyl halides is 3. The molecule has 0 unspecified atom stereocenters. The van der Waals surface area contributed by atoms with Gasteiger partial charge in [0.2, 0.25) is 0 Å². The zero-order chi connectivity index (χ0) is 21.2. The molecular weight excluding hydrogens is 424 g/mol. The highest BCUT2D eigenvalue weighted by molar-refractivity contribution is 6.31. The molecule has 0 spiro atoms. The van der Waals surface area contributed by atoms with Crippen LogP contribution in [-0.4, -0.2) is 16.4 Å². The van der Waals surface area contributed by atoms with E-state index in [1.54, 1.807) is 0 Å². The zero-order valence-corrected chi connectivity index (χ0v) is 15.6. The molecule has 8 nitrogen and oxygen atoms in total. The first-order chi connectivity index (χ1) is 13.0. The minimum absolute atomic E-state index is 0. The molecule has 2 rings (SSSR count). The molecule has 0 saturated carbocycles. The lowest BCUT2D eigenvalue weighted by molar-refractivity contribution is -0.393. The van der Waals surface area contributed by atoms with E-state index in [4.69, 9.17) is 11.6 Å². The molecule has 13 heteroatoms. The molecule has 0 bridgehead atoms. The fourth-order valence-electron chi connectivity index (χ4n) is 2.59. The van der Waals surface area contributed by atoms with Gasteiger partial charge in [-0.1, -0.05) is 17.7 Å². The summed E-state index contributed by atoms with van der Waals surface area (Å²) >= 11 is 5.92. The third kappa shape index (κ3) is 5.09. The van der Waals surface area contributed by atoms with Crippen molar-refractivity contribution in [2.75, 3.05) is 11.4 Å². The fraction of sp³-hybridized carbons (Fsp3) is 0.250. The molecule has 0 aliphatic rings. The second-order valence-electron chi connectivity index (χ2n) is 5.59. The number of nitro groups is 2. The maximum Gasteiger partial charge on any atom is 0.416 e. The van der Waals surface area contributed by atoms with Crippen molar-refractivity contribution in [2.45, 2.75) is 19.6 Å². The zero-order valence-electron chi connectivity index (χ0n) is 14.9. The average Bonchev–Trinajstić information content (AvgIpc) is 2.59. The van der Waals surface area contributed by atoms with Crippen molar-refractivity contribution in [3.05, 3.63) is 72.5 Å². The number of rotatable bonds is 6. The number of nitrogens with zero attached hydrogens (tertiary/aromatic N) is 3. The third-order valence-electron chi connectivity index (χ3n) is 3.90. The molecular formula is C16H15ClF4N4O4. The molecule has 3 N–H and O–H groups in total. The standard InChI is InChI=1S/C16H12ClF4N3O4.H3N/c1-2-22(8-10-11(17)4-3-5-12(10)18)15-13(23(25)26)6-9(16(19,20)21)7-14(15)24(27)28;/h3-7H,2,8H2,1H3;1H3. The van der Waals surface area contributed by atoms with Crippen LogP contribution in [0.15, 0.2) is 30.3 Å². The summed E-state index contributed by atoms with van der Waals surface area (Å²) in [4.78, 5) is 21.5. The normalized spacial score (nSPS) is 11.0. The van der Waals surface area contributed by atoms with Crippen LogP contribution in [0, 0.1) is 26.0 Å². The van der Waals surface area contributed by atoms with E-state index in [1.807, 2.05) is 0 Å². The molecule has 2 aromatic carbocycles. The van der Waals surface area contributed by atoms with Crippen LogP contribution in [0.25, 0.3) is 0 Å². The third-order valence-corrected chi connectivity index (χ3v) is 4.25. The van der Waals surface area contributed by atoms with E-state index in [9.17, 15) is 37.8 Å². The molecule has 158 valence electrons. The van der Waals surface area contributed by atoms with Crippen molar-refractivity contribution in [3.63, 3.8) is 0 Å². The van der Waals surface area contributed by atoms with Gasteiger partial charge in [-0.25, -0.2) is 4.39 Å². The molecule has 29 heavy (non-hydrogen) atoms. The fourth-order valence-corrected chi connectivity index (χ4v) is 2.82. The van der Waals surface area contributed by atoms with Crippen LogP contribution in [-0.2, 0) is 12.7 Å². The lowest BCUT2D eigenvalue weighted by Gasteiger charge is -2.24. The van der Waals surface area contributed by atoms with Crippen LogP contribution < -0.4 is 11.1 Å². The van der Waals surface area contributed by atoms with Gasteiger partial charge in [0, 0.05) is 35.8 Å². The SMILES string of the molecule is CCN(Cc1c(F)cccc1Cl)c1c([N+](=O)[O-])cc(C(F)(F)F)cc1[N+](=O)[O-].N. The van der Waals surface area contributed by atoms with Gasteiger partial charge in [0.15, 0.2) is 5.69 Å². The first kappa shape index (κ1) is 24.0. The predicted molar refractivity (Wildman–Crippen MR) is 97.9 cm³/mol. The summed E-state index contributed by atoms with van der Waals surface area (Å²) in [6.45, 7) is 0.937. The summed E-state index contributed by atoms with van der Waals surface area (Å²) in [6.07, 6.45) is -5.03. The maximum atomic E-state index is 14.1. The molecule has 0 fully saturated rings. The summed E-state index contributed by atoms with van der Waals surface area (Å²) < 4.78 is 53.1. The Morgan fingerprint density at radius 1 is 1.10 bits per heavy atom. The highest BCUT2D eigenvalue weighted by Gasteiger charge is 2.39. The molecule has 0 radical (unpaired) electrons. The largest absolute Gasteiger partial charge is 0.416 e. The van der Waals surface area contributed by atoms with E-state index in [0.29, 0.717) is 0 Å². The molecule has 2 aromatic rings. The van der Waals surface area contributed by atoms with Crippen LogP contribution in [0.2, 0.25) is 5.02 Å². The van der Waals surface area contributed by atoms with Gasteiger partial charge in [0.25, 0.3) is 11.4 Å². The number of nitro benzene ring substituents is 2. The quantitative estimate of drug-likeness (QED) is 0.360. The molecule has 0 aliphatic heterocycles. The summed E-state index contributed by atoms with van der Waals surface area (Å²) in [5, 5.41) is 22.7.